The molecule has 7 heteroatoms. The Morgan fingerprint density at radius 3 is 2.90 bits per heavy atom. The van der Waals surface area contributed by atoms with Gasteiger partial charge < -0.3 is 11.1 Å². The van der Waals surface area contributed by atoms with Crippen molar-refractivity contribution in [2.24, 2.45) is 11.7 Å². The topological polar surface area (TPSA) is 94.1 Å². The predicted octanol–water partition coefficient (Wildman–Crippen LogP) is 3.13. The number of nitro benzene ring substituents is 1. The van der Waals surface area contributed by atoms with Crippen LogP contribution in [0.15, 0.2) is 17.6 Å². The van der Waals surface area contributed by atoms with Crippen LogP contribution in [-0.2, 0) is 0 Å². The average Bonchev–Trinajstić information content (AvgIpc) is 3.14. The van der Waals surface area contributed by atoms with E-state index in [1.807, 2.05) is 6.07 Å². The summed E-state index contributed by atoms with van der Waals surface area (Å²) in [5.41, 5.74) is 8.56. The summed E-state index contributed by atoms with van der Waals surface area (Å²) in [6.07, 6.45) is 4.72. The van der Waals surface area contributed by atoms with Crippen LogP contribution >= 0.6 is 11.3 Å². The summed E-state index contributed by atoms with van der Waals surface area (Å²) in [5.74, 6) is 0.501. The quantitative estimate of drug-likeness (QED) is 0.653. The highest BCUT2D eigenvalue weighted by Crippen LogP contribution is 2.36. The third-order valence-electron chi connectivity index (χ3n) is 4.22. The Balaban J connectivity index is 1.95. The Labute approximate surface area is 126 Å². The lowest BCUT2D eigenvalue weighted by Crippen LogP contribution is -2.35. The van der Waals surface area contributed by atoms with E-state index < -0.39 is 0 Å². The fraction of sp³-hybridized carbons (Fsp3) is 0.500. The number of fused-ring (bicyclic) bond motifs is 1. The molecule has 1 aromatic carbocycles. The number of thiazole rings is 1. The highest BCUT2D eigenvalue weighted by Gasteiger charge is 2.27. The molecule has 1 heterocycles. The van der Waals surface area contributed by atoms with E-state index in [2.05, 4.69) is 10.3 Å². The van der Waals surface area contributed by atoms with Crippen LogP contribution in [0, 0.1) is 16.0 Å². The molecular weight excluding hydrogens is 288 g/mol. The molecule has 0 aliphatic heterocycles. The minimum atomic E-state index is -0.355. The number of nitro groups is 1. The Kier molecular flexibility index (Phi) is 4.03. The first-order valence-corrected chi connectivity index (χ1v) is 8.06. The number of rotatable bonds is 5. The minimum Gasteiger partial charge on any atom is -0.375 e. The molecule has 1 fully saturated rings. The molecule has 1 aliphatic rings. The lowest BCUT2D eigenvalue weighted by atomic mass is 9.98. The lowest BCUT2D eigenvalue weighted by Gasteiger charge is -2.24. The predicted molar refractivity (Wildman–Crippen MR) is 84.7 cm³/mol. The second-order valence-electron chi connectivity index (χ2n) is 5.45. The molecule has 1 aromatic heterocycles. The number of aromatic nitrogens is 1. The van der Waals surface area contributed by atoms with Gasteiger partial charge in [0.25, 0.3) is 0 Å². The summed E-state index contributed by atoms with van der Waals surface area (Å²) in [5, 5.41) is 14.7. The summed E-state index contributed by atoms with van der Waals surface area (Å²) >= 11 is 1.41. The summed E-state index contributed by atoms with van der Waals surface area (Å²) in [6.45, 7) is 0.483. The van der Waals surface area contributed by atoms with Gasteiger partial charge in [-0.2, -0.15) is 0 Å². The van der Waals surface area contributed by atoms with Gasteiger partial charge in [0.2, 0.25) is 0 Å². The number of nitrogens with two attached hydrogens (primary N) is 1. The molecule has 112 valence electrons. The molecule has 1 atom stereocenters. The summed E-state index contributed by atoms with van der Waals surface area (Å²) in [7, 11) is 0. The monoisotopic (exact) mass is 306 g/mol. The van der Waals surface area contributed by atoms with Crippen molar-refractivity contribution in [2.45, 2.75) is 31.7 Å². The first kappa shape index (κ1) is 14.2. The summed E-state index contributed by atoms with van der Waals surface area (Å²) in [4.78, 5) is 15.2. The second kappa shape index (κ2) is 5.95. The van der Waals surface area contributed by atoms with Crippen molar-refractivity contribution in [3.05, 3.63) is 27.8 Å². The zero-order valence-electron chi connectivity index (χ0n) is 11.6. The number of benzene rings is 1. The SMILES string of the molecule is NCC(Nc1ccc2scnc2c1[N+](=O)[O-])C1CCCC1. The van der Waals surface area contributed by atoms with Crippen LogP contribution in [0.5, 0.6) is 0 Å². The number of anilines is 1. The average molecular weight is 306 g/mol. The highest BCUT2D eigenvalue weighted by atomic mass is 32.1. The van der Waals surface area contributed by atoms with E-state index in [-0.39, 0.29) is 16.7 Å². The van der Waals surface area contributed by atoms with Gasteiger partial charge in [-0.15, -0.1) is 11.3 Å². The van der Waals surface area contributed by atoms with Gasteiger partial charge >= 0.3 is 5.69 Å². The number of nitrogens with zero attached hydrogens (tertiary/aromatic N) is 2. The molecule has 1 unspecified atom stereocenters. The molecule has 21 heavy (non-hydrogen) atoms. The minimum absolute atomic E-state index is 0.0604. The normalized spacial score (nSPS) is 17.2. The first-order chi connectivity index (χ1) is 10.2. The standard InChI is InChI=1S/C14H18N4O2S/c15-7-11(9-3-1-2-4-9)17-10-5-6-12-13(16-8-21-12)14(10)18(19)20/h5-6,8-9,11,17H,1-4,7,15H2. The van der Waals surface area contributed by atoms with Crippen molar-refractivity contribution in [3.63, 3.8) is 0 Å². The van der Waals surface area contributed by atoms with Gasteiger partial charge in [-0.25, -0.2) is 4.98 Å². The molecule has 3 rings (SSSR count). The van der Waals surface area contributed by atoms with Gasteiger partial charge in [-0.1, -0.05) is 12.8 Å². The van der Waals surface area contributed by atoms with Crippen LogP contribution in [0.4, 0.5) is 11.4 Å². The fourth-order valence-electron chi connectivity index (χ4n) is 3.15. The maximum absolute atomic E-state index is 11.4. The van der Waals surface area contributed by atoms with Gasteiger partial charge in [0.05, 0.1) is 15.1 Å². The molecule has 0 amide bonds. The largest absolute Gasteiger partial charge is 0.375 e. The van der Waals surface area contributed by atoms with E-state index in [4.69, 9.17) is 5.73 Å². The zero-order chi connectivity index (χ0) is 14.8. The van der Waals surface area contributed by atoms with Crippen molar-refractivity contribution in [1.82, 2.24) is 4.98 Å². The van der Waals surface area contributed by atoms with Crippen molar-refractivity contribution >= 4 is 32.9 Å². The Morgan fingerprint density at radius 1 is 1.48 bits per heavy atom. The van der Waals surface area contributed by atoms with Crippen LogP contribution in [-0.4, -0.2) is 22.5 Å². The molecule has 2 aromatic rings. The zero-order valence-corrected chi connectivity index (χ0v) is 12.4. The molecule has 3 N–H and O–H groups in total. The van der Waals surface area contributed by atoms with E-state index >= 15 is 0 Å². The first-order valence-electron chi connectivity index (χ1n) is 7.18. The fourth-order valence-corrected chi connectivity index (χ4v) is 3.83. The number of nitrogens with one attached hydrogen (secondary N) is 1. The molecule has 0 saturated heterocycles. The van der Waals surface area contributed by atoms with Crippen molar-refractivity contribution < 1.29 is 4.92 Å². The van der Waals surface area contributed by atoms with Crippen molar-refractivity contribution in [2.75, 3.05) is 11.9 Å². The van der Waals surface area contributed by atoms with Crippen LogP contribution < -0.4 is 11.1 Å². The van der Waals surface area contributed by atoms with Gasteiger partial charge in [0.15, 0.2) is 5.52 Å². The maximum Gasteiger partial charge on any atom is 0.319 e. The third-order valence-corrected chi connectivity index (χ3v) is 5.02. The molecular formula is C14H18N4O2S. The van der Waals surface area contributed by atoms with Crippen LogP contribution in [0.1, 0.15) is 25.7 Å². The molecule has 0 radical (unpaired) electrons. The molecule has 1 saturated carbocycles. The summed E-state index contributed by atoms with van der Waals surface area (Å²) < 4.78 is 0.831. The van der Waals surface area contributed by atoms with Gasteiger partial charge in [-0.05, 0) is 30.9 Å². The van der Waals surface area contributed by atoms with E-state index in [1.54, 1.807) is 11.6 Å². The molecule has 0 bridgehead atoms. The van der Waals surface area contributed by atoms with Gasteiger partial charge in [0.1, 0.15) is 5.69 Å². The smallest absolute Gasteiger partial charge is 0.319 e. The Hall–Kier alpha value is -1.73. The number of hydrogen-bond acceptors (Lipinski definition) is 6. The van der Waals surface area contributed by atoms with E-state index in [0.717, 1.165) is 17.5 Å². The van der Waals surface area contributed by atoms with Crippen LogP contribution in [0.25, 0.3) is 10.2 Å². The molecule has 1 aliphatic carbocycles. The van der Waals surface area contributed by atoms with E-state index in [1.165, 1.54) is 24.2 Å². The maximum atomic E-state index is 11.4. The van der Waals surface area contributed by atoms with Crippen LogP contribution in [0.3, 0.4) is 0 Å². The van der Waals surface area contributed by atoms with Crippen LogP contribution in [0.2, 0.25) is 0 Å². The lowest BCUT2D eigenvalue weighted by molar-refractivity contribution is -0.382. The van der Waals surface area contributed by atoms with Gasteiger partial charge in [-0.3, -0.25) is 10.1 Å². The summed E-state index contributed by atoms with van der Waals surface area (Å²) in [6, 6.07) is 3.74. The third kappa shape index (κ3) is 2.71. The highest BCUT2D eigenvalue weighted by molar-refractivity contribution is 7.16. The second-order valence-corrected chi connectivity index (χ2v) is 6.34. The number of hydrogen-bond donors (Lipinski definition) is 2. The van der Waals surface area contributed by atoms with Crippen molar-refractivity contribution in [3.8, 4) is 0 Å². The molecule has 6 nitrogen and oxygen atoms in total. The Morgan fingerprint density at radius 2 is 2.24 bits per heavy atom. The Bertz CT molecular complexity index is 651. The molecule has 0 spiro atoms. The van der Waals surface area contributed by atoms with E-state index in [0.29, 0.717) is 23.7 Å². The van der Waals surface area contributed by atoms with E-state index in [9.17, 15) is 10.1 Å². The van der Waals surface area contributed by atoms with Crippen molar-refractivity contribution in [1.29, 1.82) is 0 Å². The van der Waals surface area contributed by atoms with Gasteiger partial charge in [0, 0.05) is 12.6 Å².